The van der Waals surface area contributed by atoms with Gasteiger partial charge < -0.3 is 10.0 Å². The molecule has 0 aromatic carbocycles. The number of amides is 1. The molecule has 0 unspecified atom stereocenters. The van der Waals surface area contributed by atoms with E-state index in [1.54, 1.807) is 0 Å². The number of hydrogen-bond donors (Lipinski definition) is 1. The number of hydrogen-bond acceptors (Lipinski definition) is 2. The first-order valence-corrected chi connectivity index (χ1v) is 11.3. The van der Waals surface area contributed by atoms with E-state index in [0.29, 0.717) is 11.5 Å². The third-order valence-corrected chi connectivity index (χ3v) is 9.79. The monoisotopic (exact) mass is 381 g/mol. The number of carbonyl (C=O) groups excluding carboxylic acids is 1. The zero-order valence-corrected chi connectivity index (χ0v) is 17.5. The molecule has 3 nitrogen and oxygen atoms in total. The summed E-state index contributed by atoms with van der Waals surface area (Å²) in [6.07, 6.45) is 10.7. The van der Waals surface area contributed by atoms with Gasteiger partial charge in [0.1, 0.15) is 5.88 Å². The Hall–Kier alpha value is -0.280. The van der Waals surface area contributed by atoms with Gasteiger partial charge in [-0.2, -0.15) is 0 Å². The van der Waals surface area contributed by atoms with Crippen molar-refractivity contribution in [3.63, 3.8) is 0 Å². The minimum absolute atomic E-state index is 0.0652. The number of halogens is 1. The van der Waals surface area contributed by atoms with Crippen LogP contribution in [0.25, 0.3) is 0 Å². The molecule has 4 saturated carbocycles. The normalized spacial score (nSPS) is 50.5. The van der Waals surface area contributed by atoms with Crippen LogP contribution < -0.4 is 0 Å². The van der Waals surface area contributed by atoms with Crippen LogP contribution in [0.5, 0.6) is 0 Å². The summed E-state index contributed by atoms with van der Waals surface area (Å²) in [7, 11) is 1.97. The second-order valence-electron chi connectivity index (χ2n) is 10.4. The van der Waals surface area contributed by atoms with E-state index >= 15 is 0 Å². The quantitative estimate of drug-likeness (QED) is 0.717. The van der Waals surface area contributed by atoms with E-state index in [2.05, 4.69) is 13.8 Å². The molecule has 4 rings (SSSR count). The molecule has 0 aromatic rings. The van der Waals surface area contributed by atoms with Gasteiger partial charge in [-0.25, -0.2) is 0 Å². The molecule has 1 amide bonds. The Morgan fingerprint density at radius 2 is 1.73 bits per heavy atom. The van der Waals surface area contributed by atoms with Gasteiger partial charge in [-0.05, 0) is 92.3 Å². The highest BCUT2D eigenvalue weighted by molar-refractivity contribution is 6.27. The Morgan fingerprint density at radius 1 is 1.04 bits per heavy atom. The highest BCUT2D eigenvalue weighted by Crippen LogP contribution is 2.66. The number of rotatable bonds is 2. The second kappa shape index (κ2) is 6.65. The van der Waals surface area contributed by atoms with Crippen molar-refractivity contribution in [3.05, 3.63) is 0 Å². The maximum absolute atomic E-state index is 12.2. The van der Waals surface area contributed by atoms with Gasteiger partial charge in [0.05, 0.1) is 6.10 Å². The smallest absolute Gasteiger partial charge is 0.237 e. The fraction of sp³-hybridized carbons (Fsp3) is 0.955. The SMILES string of the molecule is CN(C(=O)CCl)[C@@H]1CC[C@@H]2[C@@H]3CC[C@H]4C[C@H](O)CC[C@]4(C)[C@@H]3CC[C@@]21C. The predicted molar refractivity (Wildman–Crippen MR) is 105 cm³/mol. The van der Waals surface area contributed by atoms with Gasteiger partial charge in [-0.15, -0.1) is 11.6 Å². The highest BCUT2D eigenvalue weighted by atomic mass is 35.5. The summed E-state index contributed by atoms with van der Waals surface area (Å²) < 4.78 is 0. The number of fused-ring (bicyclic) bond motifs is 5. The van der Waals surface area contributed by atoms with Crippen molar-refractivity contribution in [1.82, 2.24) is 4.90 Å². The number of nitrogens with zero attached hydrogens (tertiary/aromatic N) is 1. The van der Waals surface area contributed by atoms with E-state index < -0.39 is 0 Å². The summed E-state index contributed by atoms with van der Waals surface area (Å²) in [6.45, 7) is 5.00. The van der Waals surface area contributed by atoms with Gasteiger partial charge >= 0.3 is 0 Å². The molecule has 0 saturated heterocycles. The third-order valence-electron chi connectivity index (χ3n) is 9.56. The van der Waals surface area contributed by atoms with Crippen LogP contribution in [0, 0.1) is 34.5 Å². The van der Waals surface area contributed by atoms with Crippen molar-refractivity contribution in [2.45, 2.75) is 83.8 Å². The van der Waals surface area contributed by atoms with Crippen molar-refractivity contribution in [3.8, 4) is 0 Å². The van der Waals surface area contributed by atoms with Gasteiger partial charge in [0.2, 0.25) is 5.91 Å². The summed E-state index contributed by atoms with van der Waals surface area (Å²) in [6, 6.07) is 0.360. The van der Waals surface area contributed by atoms with Gasteiger partial charge in [-0.1, -0.05) is 13.8 Å². The van der Waals surface area contributed by atoms with Crippen LogP contribution >= 0.6 is 11.6 Å². The first-order chi connectivity index (χ1) is 12.3. The standard InChI is InChI=1S/C22H36ClNO2/c1-21-10-8-15(25)12-14(21)4-5-16-17-6-7-19(24(3)20(26)13-23)22(17,2)11-9-18(16)21/h14-19,25H,4-13H2,1-3H3/t14-,15+,16-,17+,18+,19+,21-,22-/m0/s1. The average Bonchev–Trinajstić information content (AvgIpc) is 2.98. The summed E-state index contributed by atoms with van der Waals surface area (Å²) in [4.78, 5) is 14.2. The Kier molecular flexibility index (Phi) is 4.88. The molecule has 8 atom stereocenters. The Bertz CT molecular complexity index is 568. The molecule has 0 aromatic heterocycles. The fourth-order valence-corrected chi connectivity index (χ4v) is 8.30. The summed E-state index contributed by atoms with van der Waals surface area (Å²) in [5.41, 5.74) is 0.689. The van der Waals surface area contributed by atoms with Gasteiger partial charge in [0.15, 0.2) is 0 Å². The van der Waals surface area contributed by atoms with Crippen LogP contribution in [0.2, 0.25) is 0 Å². The van der Waals surface area contributed by atoms with Gasteiger partial charge in [-0.3, -0.25) is 4.79 Å². The van der Waals surface area contributed by atoms with Crippen LogP contribution in [0.4, 0.5) is 0 Å². The van der Waals surface area contributed by atoms with E-state index in [-0.39, 0.29) is 23.3 Å². The Balaban J connectivity index is 1.57. The zero-order chi connectivity index (χ0) is 18.7. The molecular formula is C22H36ClNO2. The largest absolute Gasteiger partial charge is 0.393 e. The summed E-state index contributed by atoms with van der Waals surface area (Å²) in [5.74, 6) is 3.28. The van der Waals surface area contributed by atoms with Crippen molar-refractivity contribution in [2.24, 2.45) is 34.5 Å². The second-order valence-corrected chi connectivity index (χ2v) is 10.6. The number of aliphatic hydroxyl groups is 1. The lowest BCUT2D eigenvalue weighted by atomic mass is 9.45. The molecule has 1 N–H and O–H groups in total. The molecular weight excluding hydrogens is 346 g/mol. The lowest BCUT2D eigenvalue weighted by Crippen LogP contribution is -2.56. The topological polar surface area (TPSA) is 40.5 Å². The average molecular weight is 382 g/mol. The molecule has 0 bridgehead atoms. The van der Waals surface area contributed by atoms with E-state index in [1.807, 2.05) is 11.9 Å². The fourth-order valence-electron chi connectivity index (χ4n) is 8.11. The van der Waals surface area contributed by atoms with Crippen molar-refractivity contribution < 1.29 is 9.90 Å². The van der Waals surface area contributed by atoms with Crippen LogP contribution in [0.15, 0.2) is 0 Å². The van der Waals surface area contributed by atoms with E-state index in [9.17, 15) is 9.90 Å². The molecule has 0 radical (unpaired) electrons. The van der Waals surface area contributed by atoms with Crippen LogP contribution in [-0.4, -0.2) is 41.0 Å². The zero-order valence-electron chi connectivity index (χ0n) is 16.7. The Morgan fingerprint density at radius 3 is 2.46 bits per heavy atom. The van der Waals surface area contributed by atoms with E-state index in [4.69, 9.17) is 11.6 Å². The molecule has 26 heavy (non-hydrogen) atoms. The molecule has 4 heteroatoms. The molecule has 0 aliphatic heterocycles. The van der Waals surface area contributed by atoms with E-state index in [1.165, 1.54) is 38.5 Å². The maximum atomic E-state index is 12.2. The van der Waals surface area contributed by atoms with Crippen molar-refractivity contribution in [1.29, 1.82) is 0 Å². The minimum atomic E-state index is -0.0652. The predicted octanol–water partition coefficient (Wildman–Crippen LogP) is 4.46. The summed E-state index contributed by atoms with van der Waals surface area (Å²) >= 11 is 5.85. The molecule has 4 aliphatic rings. The molecule has 148 valence electrons. The van der Waals surface area contributed by atoms with Gasteiger partial charge in [0.25, 0.3) is 0 Å². The molecule has 4 aliphatic carbocycles. The third kappa shape index (κ3) is 2.67. The first-order valence-electron chi connectivity index (χ1n) is 10.8. The Labute approximate surface area is 163 Å². The van der Waals surface area contributed by atoms with Crippen LogP contribution in [0.3, 0.4) is 0 Å². The lowest BCUT2D eigenvalue weighted by Gasteiger charge is -2.61. The minimum Gasteiger partial charge on any atom is -0.393 e. The van der Waals surface area contributed by atoms with Gasteiger partial charge in [0, 0.05) is 13.1 Å². The number of carbonyl (C=O) groups is 1. The lowest BCUT2D eigenvalue weighted by molar-refractivity contribution is -0.140. The number of aliphatic hydroxyl groups excluding tert-OH is 1. The molecule has 4 fully saturated rings. The number of alkyl halides is 1. The van der Waals surface area contributed by atoms with Crippen LogP contribution in [-0.2, 0) is 4.79 Å². The van der Waals surface area contributed by atoms with Crippen LogP contribution in [0.1, 0.15) is 71.6 Å². The summed E-state index contributed by atoms with van der Waals surface area (Å²) in [5, 5.41) is 10.2. The molecule has 0 spiro atoms. The van der Waals surface area contributed by atoms with Crippen molar-refractivity contribution in [2.75, 3.05) is 12.9 Å². The van der Waals surface area contributed by atoms with Crippen molar-refractivity contribution >= 4 is 17.5 Å². The highest BCUT2D eigenvalue weighted by Gasteiger charge is 2.60. The maximum Gasteiger partial charge on any atom is 0.237 e. The molecule has 0 heterocycles. The first kappa shape index (κ1) is 19.1. The van der Waals surface area contributed by atoms with E-state index in [0.717, 1.165) is 42.9 Å².